The Balaban J connectivity index is 1.90. The number of ether oxygens (including phenoxy) is 1. The molecule has 78 valence electrons. The van der Waals surface area contributed by atoms with Crippen LogP contribution in [0.4, 0.5) is 5.00 Å². The average molecular weight is 214 g/mol. The van der Waals surface area contributed by atoms with Crippen LogP contribution in [-0.2, 0) is 11.3 Å². The number of nitrogens with two attached hydrogens (primary N) is 1. The zero-order valence-corrected chi connectivity index (χ0v) is 8.96. The lowest BCUT2D eigenvalue weighted by Crippen LogP contribution is -2.23. The predicted molar refractivity (Wildman–Crippen MR) is 55.0 cm³/mol. The Morgan fingerprint density at radius 2 is 2.57 bits per heavy atom. The van der Waals surface area contributed by atoms with Crippen molar-refractivity contribution in [2.75, 3.05) is 25.9 Å². The van der Waals surface area contributed by atoms with Crippen LogP contribution in [0.3, 0.4) is 0 Å². The molecular formula is C8H14N4OS. The van der Waals surface area contributed by atoms with Gasteiger partial charge in [-0.15, -0.1) is 5.10 Å². The Hall–Kier alpha value is -0.720. The number of anilines is 1. The summed E-state index contributed by atoms with van der Waals surface area (Å²) in [5.41, 5.74) is 6.62. The van der Waals surface area contributed by atoms with Crippen molar-refractivity contribution in [1.29, 1.82) is 0 Å². The molecule has 2 N–H and O–H groups in total. The highest BCUT2D eigenvalue weighted by Crippen LogP contribution is 2.18. The molecule has 1 aromatic heterocycles. The molecule has 1 fully saturated rings. The minimum absolute atomic E-state index is 0.364. The summed E-state index contributed by atoms with van der Waals surface area (Å²) in [5.74, 6) is 0. The van der Waals surface area contributed by atoms with E-state index >= 15 is 0 Å². The van der Waals surface area contributed by atoms with E-state index in [9.17, 15) is 0 Å². The molecule has 0 bridgehead atoms. The van der Waals surface area contributed by atoms with Gasteiger partial charge in [-0.2, -0.15) is 0 Å². The molecule has 1 atom stereocenters. The maximum atomic E-state index is 5.72. The Bertz CT molecular complexity index is 303. The largest absolute Gasteiger partial charge is 0.388 e. The predicted octanol–water partition coefficient (Wildman–Crippen LogP) is 0.341. The van der Waals surface area contributed by atoms with Crippen LogP contribution in [-0.4, -0.2) is 40.8 Å². The SMILES string of the molecule is COC1CCN(Cc2nnsc2N)C1. The fourth-order valence-electron chi connectivity index (χ4n) is 1.67. The normalized spacial score (nSPS) is 23.1. The van der Waals surface area contributed by atoms with Crippen LogP contribution >= 0.6 is 11.5 Å². The minimum atomic E-state index is 0.364. The van der Waals surface area contributed by atoms with Crippen molar-refractivity contribution in [2.45, 2.75) is 19.1 Å². The van der Waals surface area contributed by atoms with Gasteiger partial charge in [0.15, 0.2) is 0 Å². The lowest BCUT2D eigenvalue weighted by Gasteiger charge is -2.13. The number of nitrogen functional groups attached to an aromatic ring is 1. The summed E-state index contributed by atoms with van der Waals surface area (Å²) in [6.45, 7) is 2.81. The topological polar surface area (TPSA) is 64.3 Å². The van der Waals surface area contributed by atoms with Gasteiger partial charge in [0, 0.05) is 38.3 Å². The first-order valence-corrected chi connectivity index (χ1v) is 5.39. The highest BCUT2D eigenvalue weighted by molar-refractivity contribution is 7.09. The van der Waals surface area contributed by atoms with Crippen molar-refractivity contribution in [2.24, 2.45) is 0 Å². The van der Waals surface area contributed by atoms with E-state index in [1.807, 2.05) is 0 Å². The molecule has 14 heavy (non-hydrogen) atoms. The van der Waals surface area contributed by atoms with Gasteiger partial charge in [-0.3, -0.25) is 4.90 Å². The van der Waals surface area contributed by atoms with Crippen molar-refractivity contribution in [3.05, 3.63) is 5.69 Å². The zero-order valence-electron chi connectivity index (χ0n) is 8.14. The molecule has 0 aromatic carbocycles. The van der Waals surface area contributed by atoms with E-state index in [-0.39, 0.29) is 0 Å². The first-order chi connectivity index (χ1) is 6.79. The fourth-order valence-corrected chi connectivity index (χ4v) is 2.11. The molecule has 2 rings (SSSR count). The first-order valence-electron chi connectivity index (χ1n) is 4.61. The summed E-state index contributed by atoms with van der Waals surface area (Å²) in [5, 5.41) is 4.72. The molecule has 1 aliphatic rings. The molecule has 6 heteroatoms. The van der Waals surface area contributed by atoms with Crippen LogP contribution in [0.15, 0.2) is 0 Å². The molecule has 1 unspecified atom stereocenters. The van der Waals surface area contributed by atoms with Crippen LogP contribution in [0.2, 0.25) is 0 Å². The second-order valence-electron chi connectivity index (χ2n) is 3.47. The average Bonchev–Trinajstić information content (AvgIpc) is 2.77. The van der Waals surface area contributed by atoms with Crippen LogP contribution in [0.1, 0.15) is 12.1 Å². The number of nitrogens with zero attached hydrogens (tertiary/aromatic N) is 3. The van der Waals surface area contributed by atoms with Crippen molar-refractivity contribution >= 4 is 16.5 Å². The van der Waals surface area contributed by atoms with Crippen LogP contribution in [0.5, 0.6) is 0 Å². The van der Waals surface area contributed by atoms with Gasteiger partial charge in [0.05, 0.1) is 6.10 Å². The Labute approximate surface area is 87.0 Å². The van der Waals surface area contributed by atoms with E-state index in [1.165, 1.54) is 11.5 Å². The molecular weight excluding hydrogens is 200 g/mol. The standard InChI is InChI=1S/C8H14N4OS/c1-13-6-2-3-12(4-6)5-7-8(9)14-11-10-7/h6H,2-5,9H2,1H3. The number of likely N-dealkylation sites (tertiary alicyclic amines) is 1. The second kappa shape index (κ2) is 4.20. The summed E-state index contributed by atoms with van der Waals surface area (Å²) >= 11 is 1.25. The maximum Gasteiger partial charge on any atom is 0.132 e. The lowest BCUT2D eigenvalue weighted by molar-refractivity contribution is 0.107. The number of methoxy groups -OCH3 is 1. The third-order valence-electron chi connectivity index (χ3n) is 2.52. The molecule has 0 spiro atoms. The molecule has 2 heterocycles. The molecule has 0 radical (unpaired) electrons. The van der Waals surface area contributed by atoms with E-state index in [0.717, 1.165) is 36.8 Å². The van der Waals surface area contributed by atoms with E-state index in [4.69, 9.17) is 10.5 Å². The van der Waals surface area contributed by atoms with Gasteiger partial charge in [-0.1, -0.05) is 4.49 Å². The van der Waals surface area contributed by atoms with Crippen LogP contribution in [0.25, 0.3) is 0 Å². The van der Waals surface area contributed by atoms with Gasteiger partial charge in [0.2, 0.25) is 0 Å². The highest BCUT2D eigenvalue weighted by Gasteiger charge is 2.23. The summed E-state index contributed by atoms with van der Waals surface area (Å²) in [6, 6.07) is 0. The minimum Gasteiger partial charge on any atom is -0.388 e. The summed E-state index contributed by atoms with van der Waals surface area (Å²) in [7, 11) is 1.76. The number of hydrogen-bond acceptors (Lipinski definition) is 6. The van der Waals surface area contributed by atoms with Crippen LogP contribution in [0, 0.1) is 0 Å². The van der Waals surface area contributed by atoms with Gasteiger partial charge in [-0.25, -0.2) is 0 Å². The van der Waals surface area contributed by atoms with Crippen molar-refractivity contribution < 1.29 is 4.74 Å². The zero-order chi connectivity index (χ0) is 9.97. The lowest BCUT2D eigenvalue weighted by atomic mass is 10.3. The van der Waals surface area contributed by atoms with E-state index < -0.39 is 0 Å². The molecule has 1 aliphatic heterocycles. The quantitative estimate of drug-likeness (QED) is 0.786. The Morgan fingerprint density at radius 1 is 1.71 bits per heavy atom. The maximum absolute atomic E-state index is 5.72. The third kappa shape index (κ3) is 2.02. The van der Waals surface area contributed by atoms with Crippen molar-refractivity contribution in [3.8, 4) is 0 Å². The van der Waals surface area contributed by atoms with Crippen LogP contribution < -0.4 is 5.73 Å². The molecule has 1 saturated heterocycles. The van der Waals surface area contributed by atoms with E-state index in [0.29, 0.717) is 6.10 Å². The molecule has 0 saturated carbocycles. The van der Waals surface area contributed by atoms with Gasteiger partial charge < -0.3 is 10.5 Å². The first kappa shape index (κ1) is 9.82. The third-order valence-corrected chi connectivity index (χ3v) is 3.12. The van der Waals surface area contributed by atoms with Gasteiger partial charge >= 0.3 is 0 Å². The smallest absolute Gasteiger partial charge is 0.132 e. The number of hydrogen-bond donors (Lipinski definition) is 1. The number of aromatic nitrogens is 2. The van der Waals surface area contributed by atoms with Gasteiger partial charge in [0.25, 0.3) is 0 Å². The molecule has 0 amide bonds. The van der Waals surface area contributed by atoms with Gasteiger partial charge in [-0.05, 0) is 6.42 Å². The summed E-state index contributed by atoms with van der Waals surface area (Å²) < 4.78 is 9.10. The summed E-state index contributed by atoms with van der Waals surface area (Å²) in [6.07, 6.45) is 1.45. The molecule has 1 aromatic rings. The monoisotopic (exact) mass is 214 g/mol. The van der Waals surface area contributed by atoms with Crippen molar-refractivity contribution in [3.63, 3.8) is 0 Å². The Morgan fingerprint density at radius 3 is 3.14 bits per heavy atom. The summed E-state index contributed by atoms with van der Waals surface area (Å²) in [4.78, 5) is 2.29. The van der Waals surface area contributed by atoms with E-state index in [2.05, 4.69) is 14.5 Å². The van der Waals surface area contributed by atoms with Gasteiger partial charge in [0.1, 0.15) is 10.7 Å². The Kier molecular flexibility index (Phi) is 2.95. The second-order valence-corrected chi connectivity index (χ2v) is 4.25. The molecule has 5 nitrogen and oxygen atoms in total. The molecule has 0 aliphatic carbocycles. The van der Waals surface area contributed by atoms with E-state index in [1.54, 1.807) is 7.11 Å². The number of rotatable bonds is 3. The fraction of sp³-hybridized carbons (Fsp3) is 0.750. The highest BCUT2D eigenvalue weighted by atomic mass is 32.1. The van der Waals surface area contributed by atoms with Crippen molar-refractivity contribution in [1.82, 2.24) is 14.5 Å².